The number of methoxy groups -OCH3 is 1. The van der Waals surface area contributed by atoms with Crippen molar-refractivity contribution in [2.75, 3.05) is 13.7 Å². The van der Waals surface area contributed by atoms with Crippen LogP contribution in [0.15, 0.2) is 16.4 Å². The van der Waals surface area contributed by atoms with Crippen molar-refractivity contribution < 1.29 is 4.74 Å². The van der Waals surface area contributed by atoms with Crippen LogP contribution in [0.4, 0.5) is 0 Å². The SMILES string of the molecule is COCC(C)NC(=NC1CCCc2sccc21)NN. The Morgan fingerprint density at radius 1 is 1.68 bits per heavy atom. The highest BCUT2D eigenvalue weighted by molar-refractivity contribution is 7.10. The van der Waals surface area contributed by atoms with Gasteiger partial charge in [-0.15, -0.1) is 11.3 Å². The number of aliphatic imine (C=N–C) groups is 1. The third-order valence-corrected chi connectivity index (χ3v) is 4.24. The number of rotatable bonds is 4. The summed E-state index contributed by atoms with van der Waals surface area (Å²) < 4.78 is 5.10. The third-order valence-electron chi connectivity index (χ3n) is 3.24. The van der Waals surface area contributed by atoms with E-state index in [1.54, 1.807) is 7.11 Å². The fourth-order valence-corrected chi connectivity index (χ4v) is 3.37. The summed E-state index contributed by atoms with van der Waals surface area (Å²) in [6.45, 7) is 2.66. The van der Waals surface area contributed by atoms with Crippen LogP contribution in [-0.2, 0) is 11.2 Å². The zero-order valence-electron chi connectivity index (χ0n) is 11.5. The van der Waals surface area contributed by atoms with Crippen molar-refractivity contribution in [2.45, 2.75) is 38.3 Å². The Balaban J connectivity index is 2.07. The van der Waals surface area contributed by atoms with Crippen molar-refractivity contribution in [2.24, 2.45) is 10.8 Å². The summed E-state index contributed by atoms with van der Waals surface area (Å²) in [7, 11) is 1.68. The lowest BCUT2D eigenvalue weighted by atomic mass is 9.95. The van der Waals surface area contributed by atoms with Crippen LogP contribution in [0.5, 0.6) is 0 Å². The first-order valence-electron chi connectivity index (χ1n) is 6.60. The van der Waals surface area contributed by atoms with E-state index >= 15 is 0 Å². The summed E-state index contributed by atoms with van der Waals surface area (Å²) in [6, 6.07) is 2.56. The predicted molar refractivity (Wildman–Crippen MR) is 79.2 cm³/mol. The van der Waals surface area contributed by atoms with E-state index in [0.29, 0.717) is 12.6 Å². The van der Waals surface area contributed by atoms with E-state index in [0.717, 1.165) is 6.42 Å². The molecule has 0 saturated carbocycles. The smallest absolute Gasteiger partial charge is 0.206 e. The molecule has 5 nitrogen and oxygen atoms in total. The van der Waals surface area contributed by atoms with Crippen molar-refractivity contribution in [3.8, 4) is 0 Å². The van der Waals surface area contributed by atoms with E-state index in [9.17, 15) is 0 Å². The Bertz CT molecular complexity index is 432. The van der Waals surface area contributed by atoms with Crippen LogP contribution in [0.25, 0.3) is 0 Å². The Morgan fingerprint density at radius 2 is 2.53 bits per heavy atom. The number of fused-ring (bicyclic) bond motifs is 1. The van der Waals surface area contributed by atoms with E-state index < -0.39 is 0 Å². The standard InChI is InChI=1S/C13H22N4OS/c1-9(8-18-2)15-13(17-14)16-11-4-3-5-12-10(11)6-7-19-12/h6-7,9,11H,3-5,8,14H2,1-2H3,(H2,15,16,17). The van der Waals surface area contributed by atoms with E-state index in [2.05, 4.69) is 22.2 Å². The highest BCUT2D eigenvalue weighted by Gasteiger charge is 2.21. The second-order valence-electron chi connectivity index (χ2n) is 4.83. The Labute approximate surface area is 118 Å². The molecule has 0 aliphatic heterocycles. The number of thiophene rings is 1. The molecular formula is C13H22N4OS. The van der Waals surface area contributed by atoms with Crippen molar-refractivity contribution in [3.63, 3.8) is 0 Å². The number of hydrogen-bond donors (Lipinski definition) is 3. The van der Waals surface area contributed by atoms with Gasteiger partial charge in [0.2, 0.25) is 5.96 Å². The fourth-order valence-electron chi connectivity index (χ4n) is 2.39. The van der Waals surface area contributed by atoms with Gasteiger partial charge in [-0.25, -0.2) is 10.8 Å². The van der Waals surface area contributed by atoms with Crippen LogP contribution in [0, 0.1) is 0 Å². The van der Waals surface area contributed by atoms with E-state index in [1.807, 2.05) is 18.3 Å². The van der Waals surface area contributed by atoms with Crippen LogP contribution in [0.3, 0.4) is 0 Å². The maximum atomic E-state index is 5.55. The topological polar surface area (TPSA) is 71.7 Å². The monoisotopic (exact) mass is 282 g/mol. The van der Waals surface area contributed by atoms with Crippen LogP contribution >= 0.6 is 11.3 Å². The lowest BCUT2D eigenvalue weighted by Crippen LogP contribution is -2.47. The van der Waals surface area contributed by atoms with Gasteiger partial charge in [0.1, 0.15) is 0 Å². The lowest BCUT2D eigenvalue weighted by Gasteiger charge is -2.22. The van der Waals surface area contributed by atoms with Crippen LogP contribution in [0.1, 0.15) is 36.2 Å². The van der Waals surface area contributed by atoms with E-state index in [-0.39, 0.29) is 12.1 Å². The molecule has 0 aromatic carbocycles. The fraction of sp³-hybridized carbons (Fsp3) is 0.615. The van der Waals surface area contributed by atoms with E-state index in [1.165, 1.54) is 23.3 Å². The quantitative estimate of drug-likeness (QED) is 0.339. The maximum Gasteiger partial charge on any atom is 0.206 e. The molecule has 0 bridgehead atoms. The summed E-state index contributed by atoms with van der Waals surface area (Å²) >= 11 is 1.82. The maximum absolute atomic E-state index is 5.55. The molecule has 1 aromatic rings. The molecule has 1 aliphatic carbocycles. The zero-order chi connectivity index (χ0) is 13.7. The van der Waals surface area contributed by atoms with Crippen LogP contribution in [0.2, 0.25) is 0 Å². The minimum absolute atomic E-state index is 0.172. The molecule has 2 atom stereocenters. The van der Waals surface area contributed by atoms with Gasteiger partial charge in [0.05, 0.1) is 12.6 Å². The van der Waals surface area contributed by atoms with Crippen molar-refractivity contribution in [1.82, 2.24) is 10.7 Å². The number of hydrogen-bond acceptors (Lipinski definition) is 4. The van der Waals surface area contributed by atoms with Crippen molar-refractivity contribution in [3.05, 3.63) is 21.9 Å². The van der Waals surface area contributed by atoms with Crippen molar-refractivity contribution in [1.29, 1.82) is 0 Å². The molecule has 4 N–H and O–H groups in total. The molecule has 0 fully saturated rings. The van der Waals surface area contributed by atoms with Gasteiger partial charge in [-0.05, 0) is 43.2 Å². The number of aryl methyl sites for hydroxylation is 1. The largest absolute Gasteiger partial charge is 0.383 e. The Kier molecular flexibility index (Phi) is 5.18. The highest BCUT2D eigenvalue weighted by Crippen LogP contribution is 2.35. The molecule has 1 heterocycles. The van der Waals surface area contributed by atoms with Gasteiger partial charge < -0.3 is 10.1 Å². The summed E-state index contributed by atoms with van der Waals surface area (Å²) in [5.74, 6) is 6.18. The first-order valence-corrected chi connectivity index (χ1v) is 7.48. The molecule has 0 radical (unpaired) electrons. The van der Waals surface area contributed by atoms with Gasteiger partial charge in [-0.2, -0.15) is 0 Å². The Morgan fingerprint density at radius 3 is 3.26 bits per heavy atom. The summed E-state index contributed by atoms with van der Waals surface area (Å²) in [6.07, 6.45) is 3.44. The highest BCUT2D eigenvalue weighted by atomic mass is 32.1. The number of hydrazine groups is 1. The van der Waals surface area contributed by atoms with Gasteiger partial charge in [0.15, 0.2) is 0 Å². The molecular weight excluding hydrogens is 260 g/mol. The first-order chi connectivity index (χ1) is 9.24. The number of nitrogens with zero attached hydrogens (tertiary/aromatic N) is 1. The number of guanidine groups is 1. The molecule has 1 aliphatic rings. The molecule has 2 unspecified atom stereocenters. The summed E-state index contributed by atoms with van der Waals surface area (Å²) in [5, 5.41) is 5.38. The summed E-state index contributed by atoms with van der Waals surface area (Å²) in [5.41, 5.74) is 4.00. The normalized spacial score (nSPS) is 20.8. The lowest BCUT2D eigenvalue weighted by molar-refractivity contribution is 0.179. The molecule has 6 heteroatoms. The number of nitrogens with two attached hydrogens (primary N) is 1. The van der Waals surface area contributed by atoms with Gasteiger partial charge in [-0.3, -0.25) is 5.43 Å². The minimum atomic E-state index is 0.172. The first kappa shape index (κ1) is 14.3. The molecule has 0 spiro atoms. The molecule has 1 aromatic heterocycles. The summed E-state index contributed by atoms with van der Waals surface area (Å²) in [4.78, 5) is 6.17. The molecule has 19 heavy (non-hydrogen) atoms. The molecule has 0 amide bonds. The second kappa shape index (κ2) is 6.88. The van der Waals surface area contributed by atoms with Gasteiger partial charge in [-0.1, -0.05) is 0 Å². The third kappa shape index (κ3) is 3.68. The van der Waals surface area contributed by atoms with Gasteiger partial charge >= 0.3 is 0 Å². The predicted octanol–water partition coefficient (Wildman–Crippen LogP) is 1.57. The molecule has 2 rings (SSSR count). The zero-order valence-corrected chi connectivity index (χ0v) is 12.3. The molecule has 0 saturated heterocycles. The molecule has 106 valence electrons. The van der Waals surface area contributed by atoms with Crippen LogP contribution < -0.4 is 16.6 Å². The number of nitrogens with one attached hydrogen (secondary N) is 2. The van der Waals surface area contributed by atoms with Crippen molar-refractivity contribution >= 4 is 17.3 Å². The Hall–Kier alpha value is -1.11. The minimum Gasteiger partial charge on any atom is -0.383 e. The average molecular weight is 282 g/mol. The van der Waals surface area contributed by atoms with Crippen LogP contribution in [-0.4, -0.2) is 25.7 Å². The van der Waals surface area contributed by atoms with Gasteiger partial charge in [0, 0.05) is 18.0 Å². The average Bonchev–Trinajstić information content (AvgIpc) is 2.87. The van der Waals surface area contributed by atoms with Gasteiger partial charge in [0.25, 0.3) is 0 Å². The number of ether oxygens (including phenoxy) is 1. The van der Waals surface area contributed by atoms with E-state index in [4.69, 9.17) is 15.6 Å². The second-order valence-corrected chi connectivity index (χ2v) is 5.83.